The highest BCUT2D eigenvalue weighted by atomic mass is 16.3. The van der Waals surface area contributed by atoms with E-state index in [1.54, 1.807) is 0 Å². The zero-order chi connectivity index (χ0) is 11.9. The number of hydrogen-bond donors (Lipinski definition) is 1. The van der Waals surface area contributed by atoms with E-state index in [1.165, 1.54) is 12.1 Å². The molecule has 0 spiro atoms. The minimum absolute atomic E-state index is 0.0214. The summed E-state index contributed by atoms with van der Waals surface area (Å²) in [5, 5.41) is 10.4. The first-order valence-electron chi connectivity index (χ1n) is 6.11. The van der Waals surface area contributed by atoms with Crippen LogP contribution in [-0.4, -0.2) is 20.8 Å². The van der Waals surface area contributed by atoms with Crippen molar-refractivity contribution in [1.29, 1.82) is 0 Å². The van der Waals surface area contributed by atoms with Crippen LogP contribution in [0.1, 0.15) is 50.5 Å². The van der Waals surface area contributed by atoms with Gasteiger partial charge in [0.15, 0.2) is 0 Å². The summed E-state index contributed by atoms with van der Waals surface area (Å²) in [6.07, 6.45) is 4.96. The van der Waals surface area contributed by atoms with Gasteiger partial charge in [0.25, 0.3) is 0 Å². The average molecular weight is 222 g/mol. The summed E-state index contributed by atoms with van der Waals surface area (Å²) in [7, 11) is 0. The van der Waals surface area contributed by atoms with Crippen LogP contribution < -0.4 is 0 Å². The van der Waals surface area contributed by atoms with Crippen LogP contribution in [0.15, 0.2) is 6.33 Å². The molecule has 0 aromatic carbocycles. The lowest BCUT2D eigenvalue weighted by molar-refractivity contribution is -0.0268. The third kappa shape index (κ3) is 1.77. The molecular formula is C13H22N2O. The maximum absolute atomic E-state index is 10.4. The first-order valence-corrected chi connectivity index (χ1v) is 6.11. The fraction of sp³-hybridized carbons (Fsp3) is 0.769. The van der Waals surface area contributed by atoms with Crippen molar-refractivity contribution in [3.8, 4) is 0 Å². The summed E-state index contributed by atoms with van der Waals surface area (Å²) < 4.78 is 2.15. The topological polar surface area (TPSA) is 38.0 Å². The van der Waals surface area contributed by atoms with Gasteiger partial charge in [-0.25, -0.2) is 4.98 Å². The van der Waals surface area contributed by atoms with E-state index in [1.807, 2.05) is 13.3 Å². The highest BCUT2D eigenvalue weighted by molar-refractivity contribution is 5.11. The van der Waals surface area contributed by atoms with Gasteiger partial charge in [0, 0.05) is 5.69 Å². The Morgan fingerprint density at radius 2 is 2.12 bits per heavy atom. The molecule has 2 atom stereocenters. The number of rotatable bonds is 1. The van der Waals surface area contributed by atoms with Crippen LogP contribution in [0.4, 0.5) is 0 Å². The predicted molar refractivity (Wildman–Crippen MR) is 64.4 cm³/mol. The first kappa shape index (κ1) is 11.6. The van der Waals surface area contributed by atoms with Crippen molar-refractivity contribution < 1.29 is 5.11 Å². The molecule has 1 aliphatic carbocycles. The van der Waals surface area contributed by atoms with Crippen LogP contribution in [0.3, 0.4) is 0 Å². The second-order valence-corrected chi connectivity index (χ2v) is 5.72. The molecule has 1 saturated carbocycles. The molecule has 1 aromatic rings. The van der Waals surface area contributed by atoms with Crippen LogP contribution in [0, 0.1) is 19.3 Å². The minimum atomic E-state index is -0.270. The van der Waals surface area contributed by atoms with E-state index in [0.29, 0.717) is 0 Å². The van der Waals surface area contributed by atoms with Crippen molar-refractivity contribution in [2.75, 3.05) is 0 Å². The fourth-order valence-corrected chi connectivity index (χ4v) is 2.73. The summed E-state index contributed by atoms with van der Waals surface area (Å²) in [5.74, 6) is 0. The van der Waals surface area contributed by atoms with Gasteiger partial charge in [0.2, 0.25) is 0 Å². The maximum atomic E-state index is 10.4. The lowest BCUT2D eigenvalue weighted by Gasteiger charge is -2.41. The standard InChI is InChI=1S/C13H22N2O/c1-9-10(2)15(8-14-9)11-6-5-7-13(3,4)12(11)16/h8,11-12,16H,5-7H2,1-4H3. The van der Waals surface area contributed by atoms with Crippen molar-refractivity contribution in [2.24, 2.45) is 5.41 Å². The molecule has 1 aromatic heterocycles. The van der Waals surface area contributed by atoms with Crippen molar-refractivity contribution in [2.45, 2.75) is 59.1 Å². The van der Waals surface area contributed by atoms with Gasteiger partial charge in [0.05, 0.1) is 24.2 Å². The number of hydrogen-bond acceptors (Lipinski definition) is 2. The van der Waals surface area contributed by atoms with E-state index in [-0.39, 0.29) is 17.6 Å². The zero-order valence-electron chi connectivity index (χ0n) is 10.7. The van der Waals surface area contributed by atoms with Crippen LogP contribution in [-0.2, 0) is 0 Å². The van der Waals surface area contributed by atoms with Crippen molar-refractivity contribution in [3.63, 3.8) is 0 Å². The molecule has 1 aliphatic rings. The van der Waals surface area contributed by atoms with Gasteiger partial charge in [0.1, 0.15) is 0 Å². The second-order valence-electron chi connectivity index (χ2n) is 5.72. The monoisotopic (exact) mass is 222 g/mol. The maximum Gasteiger partial charge on any atom is 0.0954 e. The van der Waals surface area contributed by atoms with Crippen LogP contribution in [0.25, 0.3) is 0 Å². The Kier molecular flexibility index (Phi) is 2.82. The SMILES string of the molecule is Cc1ncn(C2CCCC(C)(C)C2O)c1C. The number of aromatic nitrogens is 2. The van der Waals surface area contributed by atoms with E-state index in [2.05, 4.69) is 30.3 Å². The van der Waals surface area contributed by atoms with E-state index in [0.717, 1.165) is 18.5 Å². The normalized spacial score (nSPS) is 29.3. The molecular weight excluding hydrogens is 200 g/mol. The Morgan fingerprint density at radius 1 is 1.44 bits per heavy atom. The van der Waals surface area contributed by atoms with E-state index < -0.39 is 0 Å². The average Bonchev–Trinajstić information content (AvgIpc) is 2.53. The highest BCUT2D eigenvalue weighted by Gasteiger charge is 2.38. The molecule has 3 heteroatoms. The Bertz CT molecular complexity index is 381. The molecule has 1 N–H and O–H groups in total. The predicted octanol–water partition coefficient (Wildman–Crippen LogP) is 2.61. The Hall–Kier alpha value is -0.830. The van der Waals surface area contributed by atoms with Crippen LogP contribution in [0.2, 0.25) is 0 Å². The molecule has 0 saturated heterocycles. The second kappa shape index (κ2) is 3.88. The Balaban J connectivity index is 2.30. The molecule has 2 rings (SSSR count). The molecule has 3 nitrogen and oxygen atoms in total. The number of aryl methyl sites for hydroxylation is 1. The summed E-state index contributed by atoms with van der Waals surface area (Å²) in [6, 6.07) is 0.199. The molecule has 1 fully saturated rings. The van der Waals surface area contributed by atoms with Gasteiger partial charge >= 0.3 is 0 Å². The number of imidazole rings is 1. The fourth-order valence-electron chi connectivity index (χ4n) is 2.73. The molecule has 0 bridgehead atoms. The third-order valence-electron chi connectivity index (χ3n) is 4.13. The first-order chi connectivity index (χ1) is 7.43. The summed E-state index contributed by atoms with van der Waals surface area (Å²) in [5.41, 5.74) is 2.27. The molecule has 0 aliphatic heterocycles. The van der Waals surface area contributed by atoms with Gasteiger partial charge in [-0.15, -0.1) is 0 Å². The minimum Gasteiger partial charge on any atom is -0.390 e. The highest BCUT2D eigenvalue weighted by Crippen LogP contribution is 2.41. The summed E-state index contributed by atoms with van der Waals surface area (Å²) in [6.45, 7) is 8.41. The van der Waals surface area contributed by atoms with E-state index in [4.69, 9.17) is 0 Å². The Labute approximate surface area is 97.5 Å². The number of aliphatic hydroxyl groups excluding tert-OH is 1. The number of nitrogens with zero attached hydrogens (tertiary/aromatic N) is 2. The molecule has 16 heavy (non-hydrogen) atoms. The van der Waals surface area contributed by atoms with Crippen LogP contribution >= 0.6 is 0 Å². The largest absolute Gasteiger partial charge is 0.390 e. The molecule has 1 heterocycles. The molecule has 2 unspecified atom stereocenters. The third-order valence-corrected chi connectivity index (χ3v) is 4.13. The smallest absolute Gasteiger partial charge is 0.0954 e. The van der Waals surface area contributed by atoms with E-state index in [9.17, 15) is 5.11 Å². The summed E-state index contributed by atoms with van der Waals surface area (Å²) >= 11 is 0. The van der Waals surface area contributed by atoms with Gasteiger partial charge < -0.3 is 9.67 Å². The number of aliphatic hydroxyl groups is 1. The quantitative estimate of drug-likeness (QED) is 0.793. The van der Waals surface area contributed by atoms with Gasteiger partial charge in [-0.1, -0.05) is 20.3 Å². The molecule has 0 radical (unpaired) electrons. The van der Waals surface area contributed by atoms with Gasteiger partial charge in [-0.3, -0.25) is 0 Å². The molecule has 90 valence electrons. The lowest BCUT2D eigenvalue weighted by Crippen LogP contribution is -2.41. The van der Waals surface area contributed by atoms with Crippen molar-refractivity contribution >= 4 is 0 Å². The lowest BCUT2D eigenvalue weighted by atomic mass is 9.72. The van der Waals surface area contributed by atoms with Crippen LogP contribution in [0.5, 0.6) is 0 Å². The summed E-state index contributed by atoms with van der Waals surface area (Å²) in [4.78, 5) is 4.33. The van der Waals surface area contributed by atoms with Gasteiger partial charge in [-0.2, -0.15) is 0 Å². The van der Waals surface area contributed by atoms with Crippen molar-refractivity contribution in [3.05, 3.63) is 17.7 Å². The van der Waals surface area contributed by atoms with Crippen molar-refractivity contribution in [1.82, 2.24) is 9.55 Å². The van der Waals surface area contributed by atoms with E-state index >= 15 is 0 Å². The van der Waals surface area contributed by atoms with Gasteiger partial charge in [-0.05, 0) is 32.1 Å². The Morgan fingerprint density at radius 3 is 2.69 bits per heavy atom. The molecule has 0 amide bonds. The zero-order valence-corrected chi connectivity index (χ0v) is 10.7.